The highest BCUT2D eigenvalue weighted by Crippen LogP contribution is 2.47. The van der Waals surface area contributed by atoms with Crippen molar-refractivity contribution >= 4 is 23.1 Å². The highest BCUT2D eigenvalue weighted by Gasteiger charge is 2.38. The van der Waals surface area contributed by atoms with E-state index in [1.54, 1.807) is 6.08 Å². The Morgan fingerprint density at radius 3 is 2.93 bits per heavy atom. The number of H-pyrrole nitrogens is 1. The van der Waals surface area contributed by atoms with Crippen molar-refractivity contribution in [3.8, 4) is 0 Å². The number of rotatable bonds is 3. The first-order chi connectivity index (χ1) is 12.9. The number of nitrogens with two attached hydrogens (primary N) is 1. The van der Waals surface area contributed by atoms with Gasteiger partial charge in [-0.25, -0.2) is 4.39 Å². The molecular weight excluding hydrogens is 341 g/mol. The summed E-state index contributed by atoms with van der Waals surface area (Å²) in [7, 11) is 0. The Hall–Kier alpha value is -2.95. The summed E-state index contributed by atoms with van der Waals surface area (Å²) in [5.74, 6) is -1.10. The van der Waals surface area contributed by atoms with Gasteiger partial charge in [-0.05, 0) is 72.7 Å². The van der Waals surface area contributed by atoms with Gasteiger partial charge in [-0.15, -0.1) is 0 Å². The molecule has 1 amide bonds. The number of carbonyl (C=O) groups excluding carboxylic acids is 1. The fourth-order valence-electron chi connectivity index (χ4n) is 4.25. The molecule has 0 aromatic carbocycles. The van der Waals surface area contributed by atoms with Crippen molar-refractivity contribution in [1.29, 1.82) is 0 Å². The summed E-state index contributed by atoms with van der Waals surface area (Å²) < 4.78 is 15.4. The number of nitrogens with zero attached hydrogens (tertiary/aromatic N) is 1. The maximum absolute atomic E-state index is 15.4. The van der Waals surface area contributed by atoms with Crippen LogP contribution in [0.2, 0.25) is 0 Å². The van der Waals surface area contributed by atoms with Gasteiger partial charge in [-0.2, -0.15) is 0 Å². The lowest BCUT2D eigenvalue weighted by Gasteiger charge is -2.31. The number of aromatic amines is 1. The smallest absolute Gasteiger partial charge is 0.250 e. The molecule has 2 atom stereocenters. The SMILES string of the molecule is C=Cc1cc2c(cn1)C(C1c3c([nH]c(C)c3C)C(C(N)=O)=CC1F)=CCC2. The molecule has 2 aromatic rings. The summed E-state index contributed by atoms with van der Waals surface area (Å²) in [5.41, 5.74) is 13.0. The van der Waals surface area contributed by atoms with Crippen LogP contribution in [-0.4, -0.2) is 22.0 Å². The second-order valence-corrected chi connectivity index (χ2v) is 7.20. The Morgan fingerprint density at radius 2 is 2.22 bits per heavy atom. The zero-order chi connectivity index (χ0) is 19.3. The number of carbonyl (C=O) groups is 1. The van der Waals surface area contributed by atoms with Gasteiger partial charge in [-0.3, -0.25) is 9.78 Å². The van der Waals surface area contributed by atoms with Crippen molar-refractivity contribution in [2.75, 3.05) is 0 Å². The van der Waals surface area contributed by atoms with Gasteiger partial charge >= 0.3 is 0 Å². The van der Waals surface area contributed by atoms with Crippen LogP contribution in [0.1, 0.15) is 51.7 Å². The van der Waals surface area contributed by atoms with Crippen molar-refractivity contribution in [2.45, 2.75) is 38.8 Å². The number of alkyl halides is 1. The van der Waals surface area contributed by atoms with E-state index in [0.717, 1.165) is 52.1 Å². The van der Waals surface area contributed by atoms with E-state index in [0.29, 0.717) is 5.69 Å². The van der Waals surface area contributed by atoms with Gasteiger partial charge in [0.25, 0.3) is 5.91 Å². The van der Waals surface area contributed by atoms with Crippen LogP contribution in [-0.2, 0) is 11.2 Å². The van der Waals surface area contributed by atoms with Crippen LogP contribution < -0.4 is 5.73 Å². The first-order valence-corrected chi connectivity index (χ1v) is 9.09. The minimum Gasteiger partial charge on any atom is -0.366 e. The van der Waals surface area contributed by atoms with Crippen LogP contribution in [0.3, 0.4) is 0 Å². The Morgan fingerprint density at radius 1 is 1.44 bits per heavy atom. The number of pyridine rings is 1. The summed E-state index contributed by atoms with van der Waals surface area (Å²) >= 11 is 0. The number of nitrogens with one attached hydrogen (secondary N) is 1. The predicted octanol–water partition coefficient (Wildman–Crippen LogP) is 4.00. The third-order valence-corrected chi connectivity index (χ3v) is 5.68. The molecule has 0 radical (unpaired) electrons. The highest BCUT2D eigenvalue weighted by atomic mass is 19.1. The fourth-order valence-corrected chi connectivity index (χ4v) is 4.25. The molecule has 2 aromatic heterocycles. The Bertz CT molecular complexity index is 1030. The van der Waals surface area contributed by atoms with Gasteiger partial charge in [-0.1, -0.05) is 12.7 Å². The van der Waals surface area contributed by atoms with Crippen molar-refractivity contribution in [3.05, 3.63) is 70.3 Å². The molecule has 0 saturated heterocycles. The average Bonchev–Trinajstić information content (AvgIpc) is 2.95. The molecule has 2 aliphatic carbocycles. The molecule has 0 saturated carbocycles. The third-order valence-electron chi connectivity index (χ3n) is 5.68. The molecular formula is C22H22FN3O. The van der Waals surface area contributed by atoms with Crippen LogP contribution >= 0.6 is 0 Å². The first kappa shape index (κ1) is 17.5. The molecule has 4 rings (SSSR count). The second kappa shape index (κ2) is 6.34. The first-order valence-electron chi connectivity index (χ1n) is 9.09. The summed E-state index contributed by atoms with van der Waals surface area (Å²) in [4.78, 5) is 19.5. The molecule has 3 N–H and O–H groups in total. The van der Waals surface area contributed by atoms with Gasteiger partial charge in [0.05, 0.1) is 17.0 Å². The van der Waals surface area contributed by atoms with E-state index < -0.39 is 18.0 Å². The monoisotopic (exact) mass is 363 g/mol. The van der Waals surface area contributed by atoms with E-state index in [2.05, 4.69) is 22.6 Å². The minimum absolute atomic E-state index is 0.224. The number of hydrogen-bond acceptors (Lipinski definition) is 2. The summed E-state index contributed by atoms with van der Waals surface area (Å²) in [6.07, 6.45) is 7.39. The largest absolute Gasteiger partial charge is 0.366 e. The average molecular weight is 363 g/mol. The summed E-state index contributed by atoms with van der Waals surface area (Å²) in [6, 6.07) is 2.02. The van der Waals surface area contributed by atoms with E-state index in [-0.39, 0.29) is 5.57 Å². The molecule has 27 heavy (non-hydrogen) atoms. The molecule has 2 unspecified atom stereocenters. The van der Waals surface area contributed by atoms with Crippen molar-refractivity contribution in [3.63, 3.8) is 0 Å². The number of halogens is 1. The van der Waals surface area contributed by atoms with Crippen molar-refractivity contribution in [1.82, 2.24) is 9.97 Å². The number of aromatic nitrogens is 2. The number of hydrogen-bond donors (Lipinski definition) is 2. The molecule has 0 spiro atoms. The minimum atomic E-state index is -1.33. The molecule has 0 aliphatic heterocycles. The van der Waals surface area contributed by atoms with Gasteiger partial charge in [0.2, 0.25) is 0 Å². The lowest BCUT2D eigenvalue weighted by Crippen LogP contribution is -2.26. The molecule has 0 fully saturated rings. The number of aryl methyl sites for hydroxylation is 2. The standard InChI is InChI=1S/C22H22FN3O/c1-4-14-8-13-6-5-7-15(17(13)10-25-14)20-18(23)9-16(22(24)27)21-19(20)11(2)12(3)26-21/h4,7-10,18,20,26H,1,5-6H2,2-3H3,(H2,24,27). The number of allylic oxidation sites excluding steroid dienone is 3. The number of primary amides is 1. The molecule has 2 aliphatic rings. The van der Waals surface area contributed by atoms with Crippen LogP contribution in [0.25, 0.3) is 17.2 Å². The van der Waals surface area contributed by atoms with Gasteiger partial charge in [0.1, 0.15) is 6.17 Å². The molecule has 4 nitrogen and oxygen atoms in total. The number of fused-ring (bicyclic) bond motifs is 2. The third kappa shape index (κ3) is 2.65. The van der Waals surface area contributed by atoms with Gasteiger partial charge in [0, 0.05) is 17.8 Å². The van der Waals surface area contributed by atoms with E-state index in [1.165, 1.54) is 6.08 Å². The Kier molecular flexibility index (Phi) is 4.10. The predicted molar refractivity (Wildman–Crippen MR) is 106 cm³/mol. The summed E-state index contributed by atoms with van der Waals surface area (Å²) in [6.45, 7) is 7.66. The zero-order valence-electron chi connectivity index (χ0n) is 15.5. The molecule has 2 heterocycles. The Balaban J connectivity index is 1.90. The van der Waals surface area contributed by atoms with E-state index >= 15 is 4.39 Å². The fraction of sp³-hybridized carbons (Fsp3) is 0.273. The topological polar surface area (TPSA) is 71.8 Å². The lowest BCUT2D eigenvalue weighted by molar-refractivity contribution is -0.112. The van der Waals surface area contributed by atoms with Gasteiger partial charge < -0.3 is 10.7 Å². The highest BCUT2D eigenvalue weighted by molar-refractivity contribution is 6.19. The van der Waals surface area contributed by atoms with Crippen molar-refractivity contribution in [2.24, 2.45) is 5.73 Å². The van der Waals surface area contributed by atoms with Crippen LogP contribution in [0.5, 0.6) is 0 Å². The maximum Gasteiger partial charge on any atom is 0.250 e. The van der Waals surface area contributed by atoms with Gasteiger partial charge in [0.15, 0.2) is 0 Å². The zero-order valence-corrected chi connectivity index (χ0v) is 15.5. The van der Waals surface area contributed by atoms with Crippen LogP contribution in [0.4, 0.5) is 4.39 Å². The number of amides is 1. The van der Waals surface area contributed by atoms with E-state index in [4.69, 9.17) is 5.73 Å². The Labute approximate surface area is 157 Å². The van der Waals surface area contributed by atoms with Crippen LogP contribution in [0, 0.1) is 13.8 Å². The maximum atomic E-state index is 15.4. The van der Waals surface area contributed by atoms with E-state index in [1.807, 2.05) is 26.1 Å². The van der Waals surface area contributed by atoms with E-state index in [9.17, 15) is 4.79 Å². The lowest BCUT2D eigenvalue weighted by atomic mass is 9.74. The molecule has 138 valence electrons. The summed E-state index contributed by atoms with van der Waals surface area (Å²) in [5, 5.41) is 0. The van der Waals surface area contributed by atoms with Crippen LogP contribution in [0.15, 0.2) is 31.0 Å². The molecule has 5 heteroatoms. The normalized spacial score (nSPS) is 21.0. The quantitative estimate of drug-likeness (QED) is 0.865. The van der Waals surface area contributed by atoms with Crippen molar-refractivity contribution < 1.29 is 9.18 Å². The second-order valence-electron chi connectivity index (χ2n) is 7.20. The molecule has 0 bridgehead atoms.